The van der Waals surface area contributed by atoms with Crippen LogP contribution in [0.5, 0.6) is 5.75 Å². The zero-order chi connectivity index (χ0) is 29.7. The number of fused-ring (bicyclic) bond motifs is 2. The molecule has 1 saturated heterocycles. The monoisotopic (exact) mass is 611 g/mol. The maximum Gasteiger partial charge on any atom is 0.573 e. The van der Waals surface area contributed by atoms with Crippen LogP contribution in [0, 0.1) is 0 Å². The van der Waals surface area contributed by atoms with Crippen LogP contribution in [-0.4, -0.2) is 52.6 Å². The van der Waals surface area contributed by atoms with E-state index < -0.39 is 36.2 Å². The highest BCUT2D eigenvalue weighted by atomic mass is 35.5. The van der Waals surface area contributed by atoms with Crippen LogP contribution in [0.3, 0.4) is 0 Å². The first-order valence-corrected chi connectivity index (χ1v) is 13.5. The Morgan fingerprint density at radius 3 is 2.44 bits per heavy atom. The Labute approximate surface area is 243 Å². The Morgan fingerprint density at radius 2 is 1.83 bits per heavy atom. The number of nitrogens with one attached hydrogen (secondary N) is 2. The number of rotatable bonds is 8. The first-order valence-electron chi connectivity index (χ1n) is 12.7. The number of amides is 2. The summed E-state index contributed by atoms with van der Waals surface area (Å²) < 4.78 is 49.8. The summed E-state index contributed by atoms with van der Waals surface area (Å²) in [5, 5.41) is 6.17. The number of anilines is 2. The van der Waals surface area contributed by atoms with Gasteiger partial charge in [-0.1, -0.05) is 35.3 Å². The molecule has 14 heteroatoms. The third-order valence-corrected chi connectivity index (χ3v) is 7.41. The van der Waals surface area contributed by atoms with Crippen molar-refractivity contribution in [3.63, 3.8) is 0 Å². The second kappa shape index (κ2) is 10.7. The van der Waals surface area contributed by atoms with Crippen molar-refractivity contribution in [1.82, 2.24) is 20.2 Å². The lowest BCUT2D eigenvalue weighted by molar-refractivity contribution is -0.274. The number of aromatic nitrogens is 2. The fourth-order valence-electron chi connectivity index (χ4n) is 5.18. The van der Waals surface area contributed by atoms with Gasteiger partial charge in [0.05, 0.1) is 11.7 Å². The molecule has 0 saturated carbocycles. The highest BCUT2D eigenvalue weighted by molar-refractivity contribution is 6.35. The molecule has 3 unspecified atom stereocenters. The molecule has 41 heavy (non-hydrogen) atoms. The molecule has 3 aromatic rings. The Kier molecular flexibility index (Phi) is 7.60. The number of hydrogen-bond acceptors (Lipinski definition) is 6. The van der Waals surface area contributed by atoms with Gasteiger partial charge in [-0.15, -0.1) is 13.2 Å². The van der Waals surface area contributed by atoms with E-state index in [1.165, 1.54) is 30.5 Å². The Balaban J connectivity index is 1.54. The molecule has 2 N–H and O–H groups in total. The molecule has 0 bridgehead atoms. The standard InChI is InChI=1S/C27H26Cl2F3N5O4/c1-4-33-22(38)14(2)35-23(39)20-13-34-25-36(18-10-16(28)9-17(29)11-18)24-21(40-24)26(3,37(20)25)12-15-5-7-19(8-6-15)41-27(30,31)32/h5-11,13-14,21,24H,4,12H2,1-3H3,(H,33,38)(H,35,39)/t14?,21?,24?,26-/m1/s1. The molecule has 2 aliphatic heterocycles. The van der Waals surface area contributed by atoms with Gasteiger partial charge >= 0.3 is 6.36 Å². The second-order valence-corrected chi connectivity index (χ2v) is 10.9. The number of carbonyl (C=O) groups excluding carboxylic acids is 2. The topological polar surface area (TPSA) is 101 Å². The van der Waals surface area contributed by atoms with Crippen molar-refractivity contribution in [3.8, 4) is 5.75 Å². The van der Waals surface area contributed by atoms with Gasteiger partial charge in [0.15, 0.2) is 6.23 Å². The third-order valence-electron chi connectivity index (χ3n) is 6.97. The summed E-state index contributed by atoms with van der Waals surface area (Å²) in [7, 11) is 0. The summed E-state index contributed by atoms with van der Waals surface area (Å²) in [6.45, 7) is 5.63. The quantitative estimate of drug-likeness (QED) is 0.341. The number of halogens is 5. The van der Waals surface area contributed by atoms with Crippen LogP contribution >= 0.6 is 23.2 Å². The van der Waals surface area contributed by atoms with Gasteiger partial charge in [-0.2, -0.15) is 0 Å². The maximum absolute atomic E-state index is 13.5. The Morgan fingerprint density at radius 1 is 1.17 bits per heavy atom. The molecular formula is C27H26Cl2F3N5O4. The van der Waals surface area contributed by atoms with Gasteiger partial charge in [0.1, 0.15) is 23.6 Å². The fraction of sp³-hybridized carbons (Fsp3) is 0.370. The first-order chi connectivity index (χ1) is 19.3. The predicted octanol–water partition coefficient (Wildman–Crippen LogP) is 5.18. The number of likely N-dealkylation sites (N-methyl/N-ethyl adjacent to an activating group) is 1. The minimum Gasteiger partial charge on any atom is -0.406 e. The molecule has 5 rings (SSSR count). The molecule has 0 aliphatic carbocycles. The van der Waals surface area contributed by atoms with E-state index in [2.05, 4.69) is 20.4 Å². The summed E-state index contributed by atoms with van der Waals surface area (Å²) >= 11 is 12.6. The van der Waals surface area contributed by atoms with Gasteiger partial charge in [0.25, 0.3) is 5.91 Å². The number of alkyl halides is 3. The second-order valence-electron chi connectivity index (χ2n) is 10.0. The van der Waals surface area contributed by atoms with E-state index in [0.717, 1.165) is 0 Å². The fourth-order valence-corrected chi connectivity index (χ4v) is 5.69. The van der Waals surface area contributed by atoms with Crippen molar-refractivity contribution < 1.29 is 32.2 Å². The summed E-state index contributed by atoms with van der Waals surface area (Å²) in [6.07, 6.45) is -4.03. The van der Waals surface area contributed by atoms with E-state index in [-0.39, 0.29) is 23.8 Å². The van der Waals surface area contributed by atoms with Crippen molar-refractivity contribution in [3.05, 3.63) is 70.0 Å². The highest BCUT2D eigenvalue weighted by Crippen LogP contribution is 2.52. The van der Waals surface area contributed by atoms with Gasteiger partial charge in [-0.05, 0) is 63.1 Å². The molecule has 3 heterocycles. The third kappa shape index (κ3) is 5.81. The molecule has 9 nitrogen and oxygen atoms in total. The normalized spacial score (nSPS) is 21.9. The first kappa shape index (κ1) is 29.0. The van der Waals surface area contributed by atoms with Crippen LogP contribution in [0.1, 0.15) is 36.8 Å². The lowest BCUT2D eigenvalue weighted by atomic mass is 9.86. The molecular weight excluding hydrogens is 586 g/mol. The van der Waals surface area contributed by atoms with E-state index in [0.29, 0.717) is 33.8 Å². The average Bonchev–Trinajstić information content (AvgIpc) is 3.55. The van der Waals surface area contributed by atoms with Gasteiger partial charge in [0.2, 0.25) is 11.9 Å². The molecule has 4 atom stereocenters. The lowest BCUT2D eigenvalue weighted by Crippen LogP contribution is -2.50. The number of imidazole rings is 1. The zero-order valence-electron chi connectivity index (χ0n) is 22.1. The van der Waals surface area contributed by atoms with Gasteiger partial charge in [0, 0.05) is 22.3 Å². The summed E-state index contributed by atoms with van der Waals surface area (Å²) in [6, 6.07) is 9.69. The number of benzene rings is 2. The van der Waals surface area contributed by atoms with Crippen molar-refractivity contribution in [1.29, 1.82) is 0 Å². The average molecular weight is 612 g/mol. The number of epoxide rings is 1. The van der Waals surface area contributed by atoms with Crippen molar-refractivity contribution >= 4 is 46.7 Å². The predicted molar refractivity (Wildman–Crippen MR) is 146 cm³/mol. The smallest absolute Gasteiger partial charge is 0.406 e. The number of ether oxygens (including phenoxy) is 2. The Bertz CT molecular complexity index is 1460. The minimum atomic E-state index is -4.81. The van der Waals surface area contributed by atoms with Crippen LogP contribution in [0.25, 0.3) is 0 Å². The van der Waals surface area contributed by atoms with Crippen molar-refractivity contribution in [2.75, 3.05) is 11.4 Å². The lowest BCUT2D eigenvalue weighted by Gasteiger charge is -2.39. The van der Waals surface area contributed by atoms with E-state index in [1.807, 2.05) is 6.92 Å². The van der Waals surface area contributed by atoms with E-state index in [9.17, 15) is 22.8 Å². The number of hydrogen-bond donors (Lipinski definition) is 2. The van der Waals surface area contributed by atoms with Crippen LogP contribution in [0.15, 0.2) is 48.7 Å². The van der Waals surface area contributed by atoms with Crippen LogP contribution in [0.4, 0.5) is 24.8 Å². The molecule has 2 aromatic carbocycles. The SMILES string of the molecule is CCNC(=O)C(C)NC(=O)c1cnc2n1[C@](C)(Cc1ccc(OC(F)(F)F)cc1)C1OC1N2c1cc(Cl)cc(Cl)c1. The van der Waals surface area contributed by atoms with Crippen molar-refractivity contribution in [2.45, 2.75) is 57.5 Å². The zero-order valence-corrected chi connectivity index (χ0v) is 23.6. The van der Waals surface area contributed by atoms with E-state index in [4.69, 9.17) is 27.9 Å². The summed E-state index contributed by atoms with van der Waals surface area (Å²) in [4.78, 5) is 32.2. The molecule has 218 valence electrons. The highest BCUT2D eigenvalue weighted by Gasteiger charge is 2.62. The van der Waals surface area contributed by atoms with Crippen LogP contribution < -0.4 is 20.3 Å². The largest absolute Gasteiger partial charge is 0.573 e. The Hall–Kier alpha value is -3.48. The van der Waals surface area contributed by atoms with E-state index >= 15 is 0 Å². The molecule has 0 spiro atoms. The van der Waals surface area contributed by atoms with Gasteiger partial charge in [-0.3, -0.25) is 19.1 Å². The van der Waals surface area contributed by atoms with E-state index in [1.54, 1.807) is 41.5 Å². The van der Waals surface area contributed by atoms with Crippen molar-refractivity contribution in [2.24, 2.45) is 0 Å². The molecule has 2 amide bonds. The number of nitrogens with zero attached hydrogens (tertiary/aromatic N) is 3. The molecule has 1 fully saturated rings. The summed E-state index contributed by atoms with van der Waals surface area (Å²) in [5.41, 5.74) is 0.545. The van der Waals surface area contributed by atoms with Crippen LogP contribution in [0.2, 0.25) is 10.0 Å². The molecule has 1 aromatic heterocycles. The van der Waals surface area contributed by atoms with Gasteiger partial charge in [-0.25, -0.2) is 4.98 Å². The minimum absolute atomic E-state index is 0.169. The van der Waals surface area contributed by atoms with Crippen LogP contribution in [-0.2, 0) is 21.5 Å². The van der Waals surface area contributed by atoms with Gasteiger partial charge < -0.3 is 20.1 Å². The number of carbonyl (C=O) groups is 2. The molecule has 2 aliphatic rings. The maximum atomic E-state index is 13.5. The summed E-state index contributed by atoms with van der Waals surface area (Å²) in [5.74, 6) is -0.852. The molecule has 0 radical (unpaired) electrons.